The van der Waals surface area contributed by atoms with E-state index in [0.717, 1.165) is 21.5 Å². The fourth-order valence-corrected chi connectivity index (χ4v) is 4.35. The third-order valence-electron chi connectivity index (χ3n) is 6.45. The van der Waals surface area contributed by atoms with Crippen LogP contribution in [0.25, 0.3) is 43.6 Å². The lowest BCUT2D eigenvalue weighted by Gasteiger charge is -1.96. The van der Waals surface area contributed by atoms with Crippen LogP contribution in [-0.4, -0.2) is 80.9 Å². The van der Waals surface area contributed by atoms with Crippen molar-refractivity contribution in [1.29, 1.82) is 0 Å². The third kappa shape index (κ3) is 16.3. The molecule has 0 radical (unpaired) electrons. The Balaban J connectivity index is 0.000000234. The quantitative estimate of drug-likeness (QED) is 0.0862. The molecule has 19 heteroatoms. The van der Waals surface area contributed by atoms with Gasteiger partial charge >= 0.3 is 20.8 Å². The minimum atomic E-state index is -4.67. The van der Waals surface area contributed by atoms with Gasteiger partial charge in [-0.2, -0.15) is 16.8 Å². The standard InChI is InChI=1S/4C9H7NO.2H2O4S.H2O/c4*11-8-5-1-3-7-4-2-6-10-9(7)8;2*1-5(2,3)4;/h4*1-6,11H;2*(H2,1,2,3,4);1H2. The van der Waals surface area contributed by atoms with E-state index < -0.39 is 20.8 Å². The predicted molar refractivity (Wildman–Crippen MR) is 206 cm³/mol. The first-order chi connectivity index (χ1) is 25.5. The molecule has 4 aromatic heterocycles. The molecule has 0 aliphatic rings. The third-order valence-corrected chi connectivity index (χ3v) is 6.45. The van der Waals surface area contributed by atoms with Gasteiger partial charge in [0.25, 0.3) is 0 Å². The second kappa shape index (κ2) is 21.2. The van der Waals surface area contributed by atoms with Gasteiger partial charge in [-0.25, -0.2) is 0 Å². The number of benzene rings is 4. The maximum Gasteiger partial charge on any atom is 0.394 e. The summed E-state index contributed by atoms with van der Waals surface area (Å²) in [5.74, 6) is 0.956. The van der Waals surface area contributed by atoms with Gasteiger partial charge in [0.2, 0.25) is 0 Å². The van der Waals surface area contributed by atoms with Gasteiger partial charge < -0.3 is 25.9 Å². The van der Waals surface area contributed by atoms with Crippen molar-refractivity contribution < 1.29 is 60.9 Å². The second-order valence-corrected chi connectivity index (χ2v) is 12.1. The molecule has 4 aromatic carbocycles. The van der Waals surface area contributed by atoms with Crippen LogP contribution in [0.3, 0.4) is 0 Å². The number of phenols is 4. The first-order valence-electron chi connectivity index (χ1n) is 15.0. The second-order valence-electron chi connectivity index (χ2n) is 10.3. The van der Waals surface area contributed by atoms with Crippen LogP contribution in [0.2, 0.25) is 0 Å². The van der Waals surface area contributed by atoms with Crippen LogP contribution in [0, 0.1) is 0 Å². The molecule has 0 bridgehead atoms. The highest BCUT2D eigenvalue weighted by Crippen LogP contribution is 2.23. The van der Waals surface area contributed by atoms with E-state index in [1.807, 2.05) is 72.8 Å². The fraction of sp³-hybridized carbons (Fsp3) is 0. The summed E-state index contributed by atoms with van der Waals surface area (Å²) in [5, 5.41) is 41.1. The molecule has 0 aliphatic heterocycles. The van der Waals surface area contributed by atoms with Crippen LogP contribution >= 0.6 is 0 Å². The monoisotopic (exact) mass is 794 g/mol. The average Bonchev–Trinajstić information content (AvgIpc) is 3.12. The van der Waals surface area contributed by atoms with E-state index in [1.54, 1.807) is 73.3 Å². The Labute approximate surface area is 313 Å². The lowest BCUT2D eigenvalue weighted by molar-refractivity contribution is 0.378. The fourth-order valence-electron chi connectivity index (χ4n) is 4.35. The number of aromatic hydroxyl groups is 4. The normalized spacial score (nSPS) is 10.3. The summed E-state index contributed by atoms with van der Waals surface area (Å²) in [6.07, 6.45) is 6.67. The molecule has 0 aliphatic carbocycles. The molecule has 17 nitrogen and oxygen atoms in total. The van der Waals surface area contributed by atoms with Gasteiger partial charge in [-0.3, -0.25) is 38.1 Å². The molecule has 8 rings (SSSR count). The summed E-state index contributed by atoms with van der Waals surface area (Å²) in [4.78, 5) is 16.1. The van der Waals surface area contributed by atoms with Crippen LogP contribution < -0.4 is 0 Å². The van der Waals surface area contributed by atoms with Gasteiger partial charge in [-0.05, 0) is 48.5 Å². The Morgan fingerprint density at radius 1 is 0.327 bits per heavy atom. The Kier molecular flexibility index (Phi) is 17.2. The molecule has 55 heavy (non-hydrogen) atoms. The molecule has 0 saturated heterocycles. The van der Waals surface area contributed by atoms with Gasteiger partial charge in [0, 0.05) is 46.3 Å². The van der Waals surface area contributed by atoms with Crippen molar-refractivity contribution in [3.63, 3.8) is 0 Å². The summed E-state index contributed by atoms with van der Waals surface area (Å²) < 4.78 is 63.2. The smallest absolute Gasteiger partial charge is 0.394 e. The van der Waals surface area contributed by atoms with Crippen molar-refractivity contribution in [1.82, 2.24) is 19.9 Å². The minimum absolute atomic E-state index is 0. The van der Waals surface area contributed by atoms with Gasteiger partial charge in [0.15, 0.2) is 0 Å². The molecule has 10 N–H and O–H groups in total. The van der Waals surface area contributed by atoms with Crippen LogP contribution in [0.15, 0.2) is 146 Å². The Hall–Kier alpha value is -6.58. The maximum atomic E-state index is 9.31. The number of hydrogen-bond acceptors (Lipinski definition) is 12. The number of rotatable bonds is 0. The molecule has 0 saturated carbocycles. The van der Waals surface area contributed by atoms with Crippen molar-refractivity contribution in [2.24, 2.45) is 0 Å². The average molecular weight is 795 g/mol. The predicted octanol–water partition coefficient (Wildman–Crippen LogP) is 5.63. The Bertz CT molecular complexity index is 2290. The van der Waals surface area contributed by atoms with E-state index in [1.165, 1.54) is 0 Å². The summed E-state index contributed by atoms with van der Waals surface area (Å²) in [6, 6.07) is 36.5. The number of nitrogens with zero attached hydrogens (tertiary/aromatic N) is 4. The van der Waals surface area contributed by atoms with E-state index in [2.05, 4.69) is 19.9 Å². The minimum Gasteiger partial charge on any atom is -0.506 e. The zero-order valence-electron chi connectivity index (χ0n) is 28.2. The summed E-state index contributed by atoms with van der Waals surface area (Å²) >= 11 is 0. The van der Waals surface area contributed by atoms with E-state index in [4.69, 9.17) is 35.0 Å². The molecule has 0 atom stereocenters. The molecular formula is C36H34N4O13S2. The van der Waals surface area contributed by atoms with E-state index in [-0.39, 0.29) is 28.5 Å². The molecule has 0 fully saturated rings. The molecule has 0 amide bonds. The summed E-state index contributed by atoms with van der Waals surface area (Å²) in [6.45, 7) is 0. The van der Waals surface area contributed by atoms with Gasteiger partial charge in [0.05, 0.1) is 0 Å². The zero-order chi connectivity index (χ0) is 39.7. The molecule has 0 unspecified atom stereocenters. The van der Waals surface area contributed by atoms with Crippen molar-refractivity contribution >= 4 is 64.4 Å². The van der Waals surface area contributed by atoms with Gasteiger partial charge in [0.1, 0.15) is 45.1 Å². The summed E-state index contributed by atoms with van der Waals surface area (Å²) in [7, 11) is -9.33. The molecular weight excluding hydrogens is 761 g/mol. The van der Waals surface area contributed by atoms with Crippen molar-refractivity contribution in [2.45, 2.75) is 0 Å². The highest BCUT2D eigenvalue weighted by atomic mass is 32.3. The highest BCUT2D eigenvalue weighted by molar-refractivity contribution is 7.80. The first-order valence-corrected chi connectivity index (χ1v) is 17.8. The Morgan fingerprint density at radius 3 is 0.655 bits per heavy atom. The number of para-hydroxylation sites is 4. The van der Waals surface area contributed by atoms with Crippen LogP contribution in [0.4, 0.5) is 0 Å². The van der Waals surface area contributed by atoms with E-state index in [0.29, 0.717) is 22.1 Å². The van der Waals surface area contributed by atoms with E-state index >= 15 is 0 Å². The number of hydrogen-bond donors (Lipinski definition) is 8. The Morgan fingerprint density at radius 2 is 0.491 bits per heavy atom. The lowest BCUT2D eigenvalue weighted by atomic mass is 10.2. The van der Waals surface area contributed by atoms with Gasteiger partial charge in [-0.15, -0.1) is 0 Å². The number of phenolic OH excluding ortho intramolecular Hbond substituents is 4. The summed E-state index contributed by atoms with van der Waals surface area (Å²) in [5.41, 5.74) is 2.65. The van der Waals surface area contributed by atoms with Crippen molar-refractivity contribution in [2.75, 3.05) is 0 Å². The number of aromatic nitrogens is 4. The topological polar surface area (TPSA) is 313 Å². The maximum absolute atomic E-state index is 9.31. The molecule has 0 spiro atoms. The largest absolute Gasteiger partial charge is 0.506 e. The molecule has 288 valence electrons. The van der Waals surface area contributed by atoms with E-state index in [9.17, 15) is 20.4 Å². The van der Waals surface area contributed by atoms with Crippen LogP contribution in [-0.2, 0) is 20.8 Å². The molecule has 8 aromatic rings. The van der Waals surface area contributed by atoms with Crippen molar-refractivity contribution in [3.8, 4) is 23.0 Å². The number of fused-ring (bicyclic) bond motifs is 4. The number of pyridine rings is 4. The highest BCUT2D eigenvalue weighted by Gasteiger charge is 1.99. The lowest BCUT2D eigenvalue weighted by Crippen LogP contribution is -1.89. The van der Waals surface area contributed by atoms with Gasteiger partial charge in [-0.1, -0.05) is 72.8 Å². The van der Waals surface area contributed by atoms with Crippen LogP contribution in [0.5, 0.6) is 23.0 Å². The van der Waals surface area contributed by atoms with Crippen LogP contribution in [0.1, 0.15) is 0 Å². The molecule has 4 heterocycles. The first kappa shape index (κ1) is 44.6. The SMILES string of the molecule is O.O=S(=O)(O)O.O=S(=O)(O)O.Oc1cccc2cccnc12.Oc1cccc2cccnc12.Oc1cccc2cccnc12.Oc1cccc2cccnc12. The van der Waals surface area contributed by atoms with Crippen molar-refractivity contribution in [3.05, 3.63) is 146 Å². The zero-order valence-corrected chi connectivity index (χ0v) is 29.8.